The number of nitrogens with two attached hydrogens (primary N) is 1. The Balaban J connectivity index is 1.89. The molecule has 0 aromatic carbocycles. The van der Waals surface area contributed by atoms with Gasteiger partial charge < -0.3 is 15.2 Å². The molecule has 0 spiro atoms. The summed E-state index contributed by atoms with van der Waals surface area (Å²) in [7, 11) is 0. The molecule has 0 radical (unpaired) electrons. The Morgan fingerprint density at radius 3 is 2.82 bits per heavy atom. The minimum atomic E-state index is 0.239. The quantitative estimate of drug-likeness (QED) is 0.873. The van der Waals surface area contributed by atoms with Crippen molar-refractivity contribution in [1.29, 1.82) is 0 Å². The molecule has 2 aromatic rings. The standard InChI is InChI=1S/C16H24N4O2/c1-11-7-12(2)13(10-22-6-5-21-9-11)14-8-15(17)20-16(19-14)3-4-18-20/h3-4,8,11-13H,5-7,9-10,17H2,1-2H3. The van der Waals surface area contributed by atoms with Crippen LogP contribution in [-0.2, 0) is 9.47 Å². The van der Waals surface area contributed by atoms with Crippen LogP contribution >= 0.6 is 0 Å². The summed E-state index contributed by atoms with van der Waals surface area (Å²) in [6.45, 7) is 7.21. The van der Waals surface area contributed by atoms with Gasteiger partial charge in [-0.15, -0.1) is 0 Å². The summed E-state index contributed by atoms with van der Waals surface area (Å²) in [5, 5.41) is 4.18. The SMILES string of the molecule is CC1COCCOCC(c2cc(N)n3nccc3n2)C(C)C1. The summed E-state index contributed by atoms with van der Waals surface area (Å²) >= 11 is 0. The van der Waals surface area contributed by atoms with Gasteiger partial charge in [-0.1, -0.05) is 13.8 Å². The molecule has 3 rings (SSSR count). The first-order valence-electron chi connectivity index (χ1n) is 7.91. The third-order valence-corrected chi connectivity index (χ3v) is 4.32. The molecule has 120 valence electrons. The van der Waals surface area contributed by atoms with Gasteiger partial charge in [0.15, 0.2) is 5.65 Å². The predicted octanol–water partition coefficient (Wildman–Crippen LogP) is 2.10. The van der Waals surface area contributed by atoms with Crippen LogP contribution < -0.4 is 5.73 Å². The second-order valence-electron chi connectivity index (χ2n) is 6.28. The zero-order chi connectivity index (χ0) is 15.5. The van der Waals surface area contributed by atoms with Crippen LogP contribution in [0.1, 0.15) is 31.9 Å². The molecule has 1 aliphatic heterocycles. The Labute approximate surface area is 130 Å². The summed E-state index contributed by atoms with van der Waals surface area (Å²) in [4.78, 5) is 4.73. The van der Waals surface area contributed by atoms with Crippen molar-refractivity contribution in [3.8, 4) is 0 Å². The largest absolute Gasteiger partial charge is 0.384 e. The number of nitrogens with zero attached hydrogens (tertiary/aromatic N) is 3. The highest BCUT2D eigenvalue weighted by atomic mass is 16.5. The van der Waals surface area contributed by atoms with E-state index in [-0.39, 0.29) is 5.92 Å². The first-order valence-corrected chi connectivity index (χ1v) is 7.91. The third-order valence-electron chi connectivity index (χ3n) is 4.32. The van der Waals surface area contributed by atoms with Gasteiger partial charge in [-0.2, -0.15) is 9.61 Å². The second kappa shape index (κ2) is 6.62. The molecule has 6 heteroatoms. The number of anilines is 1. The fourth-order valence-electron chi connectivity index (χ4n) is 3.17. The molecular formula is C16H24N4O2. The number of rotatable bonds is 1. The van der Waals surface area contributed by atoms with Crippen LogP contribution in [0.15, 0.2) is 18.3 Å². The summed E-state index contributed by atoms with van der Waals surface area (Å²) < 4.78 is 13.1. The molecule has 1 saturated heterocycles. The van der Waals surface area contributed by atoms with Crippen LogP contribution in [0.3, 0.4) is 0 Å². The van der Waals surface area contributed by atoms with Gasteiger partial charge in [0.05, 0.1) is 31.7 Å². The molecule has 1 aliphatic rings. The van der Waals surface area contributed by atoms with E-state index in [4.69, 9.17) is 20.2 Å². The van der Waals surface area contributed by atoms with Gasteiger partial charge in [-0.25, -0.2) is 4.98 Å². The smallest absolute Gasteiger partial charge is 0.157 e. The van der Waals surface area contributed by atoms with Gasteiger partial charge >= 0.3 is 0 Å². The highest BCUT2D eigenvalue weighted by Gasteiger charge is 2.25. The topological polar surface area (TPSA) is 74.7 Å². The monoisotopic (exact) mass is 304 g/mol. The zero-order valence-corrected chi connectivity index (χ0v) is 13.2. The molecule has 1 fully saturated rings. The predicted molar refractivity (Wildman–Crippen MR) is 84.7 cm³/mol. The van der Waals surface area contributed by atoms with Gasteiger partial charge in [-0.3, -0.25) is 0 Å². The Bertz CT molecular complexity index is 628. The van der Waals surface area contributed by atoms with E-state index < -0.39 is 0 Å². The zero-order valence-electron chi connectivity index (χ0n) is 13.2. The van der Waals surface area contributed by atoms with Gasteiger partial charge in [0.25, 0.3) is 0 Å². The van der Waals surface area contributed by atoms with Crippen molar-refractivity contribution in [2.24, 2.45) is 11.8 Å². The van der Waals surface area contributed by atoms with E-state index in [1.807, 2.05) is 12.1 Å². The number of ether oxygens (including phenoxy) is 2. The molecular weight excluding hydrogens is 280 g/mol. The Morgan fingerprint density at radius 2 is 2.00 bits per heavy atom. The lowest BCUT2D eigenvalue weighted by Gasteiger charge is -2.27. The molecule has 22 heavy (non-hydrogen) atoms. The summed E-state index contributed by atoms with van der Waals surface area (Å²) in [6, 6.07) is 3.81. The van der Waals surface area contributed by atoms with Crippen molar-refractivity contribution < 1.29 is 9.47 Å². The highest BCUT2D eigenvalue weighted by molar-refractivity contribution is 5.47. The second-order valence-corrected chi connectivity index (χ2v) is 6.28. The van der Waals surface area contributed by atoms with Crippen molar-refractivity contribution in [2.75, 3.05) is 32.2 Å². The first kappa shape index (κ1) is 15.2. The van der Waals surface area contributed by atoms with Crippen LogP contribution in [0, 0.1) is 11.8 Å². The number of nitrogen functional groups attached to an aromatic ring is 1. The summed E-state index contributed by atoms with van der Waals surface area (Å²) in [5.74, 6) is 1.84. The van der Waals surface area contributed by atoms with E-state index >= 15 is 0 Å². The van der Waals surface area contributed by atoms with Gasteiger partial charge in [0.2, 0.25) is 0 Å². The van der Waals surface area contributed by atoms with Crippen LogP contribution in [-0.4, -0.2) is 41.0 Å². The van der Waals surface area contributed by atoms with Crippen LogP contribution in [0.5, 0.6) is 0 Å². The molecule has 2 N–H and O–H groups in total. The van der Waals surface area contributed by atoms with E-state index in [9.17, 15) is 0 Å². The van der Waals surface area contributed by atoms with Gasteiger partial charge in [0, 0.05) is 24.7 Å². The van der Waals surface area contributed by atoms with Crippen molar-refractivity contribution in [3.05, 3.63) is 24.0 Å². The Hall–Kier alpha value is -1.66. The van der Waals surface area contributed by atoms with Crippen LogP contribution in [0.2, 0.25) is 0 Å². The normalized spacial score (nSPS) is 27.8. The molecule has 0 aliphatic carbocycles. The maximum atomic E-state index is 6.11. The van der Waals surface area contributed by atoms with E-state index in [0.717, 1.165) is 24.4 Å². The fraction of sp³-hybridized carbons (Fsp3) is 0.625. The molecule has 3 heterocycles. The lowest BCUT2D eigenvalue weighted by molar-refractivity contribution is 0.00948. The highest BCUT2D eigenvalue weighted by Crippen LogP contribution is 2.30. The Kier molecular flexibility index (Phi) is 4.59. The minimum absolute atomic E-state index is 0.239. The van der Waals surface area contributed by atoms with Crippen molar-refractivity contribution in [1.82, 2.24) is 14.6 Å². The summed E-state index contributed by atoms with van der Waals surface area (Å²) in [6.07, 6.45) is 2.80. The molecule has 0 amide bonds. The third kappa shape index (κ3) is 3.23. The maximum absolute atomic E-state index is 6.11. The first-order chi connectivity index (χ1) is 10.6. The number of hydrogen-bond donors (Lipinski definition) is 1. The van der Waals surface area contributed by atoms with Crippen LogP contribution in [0.25, 0.3) is 5.65 Å². The lowest BCUT2D eigenvalue weighted by atomic mass is 9.84. The minimum Gasteiger partial charge on any atom is -0.384 e. The van der Waals surface area contributed by atoms with Crippen molar-refractivity contribution >= 4 is 11.5 Å². The average molecular weight is 304 g/mol. The lowest BCUT2D eigenvalue weighted by Crippen LogP contribution is -2.24. The van der Waals surface area contributed by atoms with E-state index in [1.165, 1.54) is 0 Å². The van der Waals surface area contributed by atoms with E-state index in [1.54, 1.807) is 10.7 Å². The fourth-order valence-corrected chi connectivity index (χ4v) is 3.17. The number of fused-ring (bicyclic) bond motifs is 1. The van der Waals surface area contributed by atoms with E-state index in [0.29, 0.717) is 37.5 Å². The molecule has 0 saturated carbocycles. The molecule has 2 aromatic heterocycles. The van der Waals surface area contributed by atoms with Gasteiger partial charge in [0.1, 0.15) is 5.82 Å². The Morgan fingerprint density at radius 1 is 1.23 bits per heavy atom. The van der Waals surface area contributed by atoms with Crippen LogP contribution in [0.4, 0.5) is 5.82 Å². The average Bonchev–Trinajstić information content (AvgIpc) is 2.95. The van der Waals surface area contributed by atoms with Crippen molar-refractivity contribution in [3.63, 3.8) is 0 Å². The molecule has 6 nitrogen and oxygen atoms in total. The maximum Gasteiger partial charge on any atom is 0.157 e. The molecule has 3 atom stereocenters. The molecule has 3 unspecified atom stereocenters. The van der Waals surface area contributed by atoms with Crippen molar-refractivity contribution in [2.45, 2.75) is 26.2 Å². The summed E-state index contributed by atoms with van der Waals surface area (Å²) in [5.41, 5.74) is 7.89. The van der Waals surface area contributed by atoms with E-state index in [2.05, 4.69) is 18.9 Å². The number of hydrogen-bond acceptors (Lipinski definition) is 5. The van der Waals surface area contributed by atoms with Gasteiger partial charge in [-0.05, 0) is 18.3 Å². The molecule has 0 bridgehead atoms. The number of aromatic nitrogens is 3.